The van der Waals surface area contributed by atoms with E-state index in [1.54, 1.807) is 6.92 Å². The number of amides is 1. The van der Waals surface area contributed by atoms with Crippen LogP contribution in [0.1, 0.15) is 30.1 Å². The van der Waals surface area contributed by atoms with Gasteiger partial charge in [-0.3, -0.25) is 13.9 Å². The number of ether oxygens (including phenoxy) is 1. The third kappa shape index (κ3) is 3.77. The normalized spacial score (nSPS) is 29.5. The molecule has 0 aliphatic carbocycles. The van der Waals surface area contributed by atoms with E-state index in [4.69, 9.17) is 20.7 Å². The molecule has 1 aromatic heterocycles. The molecule has 0 saturated carbocycles. The van der Waals surface area contributed by atoms with Crippen LogP contribution in [0.25, 0.3) is 0 Å². The van der Waals surface area contributed by atoms with Crippen molar-refractivity contribution in [2.24, 2.45) is 5.73 Å². The van der Waals surface area contributed by atoms with Crippen molar-refractivity contribution in [2.45, 2.75) is 37.9 Å². The van der Waals surface area contributed by atoms with E-state index in [1.165, 1.54) is 4.57 Å². The number of carbonyl (C=O) groups is 1. The lowest BCUT2D eigenvalue weighted by atomic mass is 10.1. The Morgan fingerprint density at radius 1 is 1.50 bits per heavy atom. The van der Waals surface area contributed by atoms with E-state index in [-0.39, 0.29) is 30.7 Å². The van der Waals surface area contributed by atoms with Crippen LogP contribution in [0.5, 0.6) is 0 Å². The van der Waals surface area contributed by atoms with E-state index in [2.05, 4.69) is 4.98 Å². The molecule has 12 heteroatoms. The molecule has 1 aliphatic heterocycles. The van der Waals surface area contributed by atoms with Gasteiger partial charge in [0, 0.05) is 0 Å². The number of aliphatic hydroxyl groups excluding tert-OH is 2. The van der Waals surface area contributed by atoms with Crippen LogP contribution in [-0.2, 0) is 13.8 Å². The number of aliphatic hydroxyl groups is 2. The number of nitrogen functional groups attached to an aromatic ring is 1. The number of hydrogen-bond donors (Lipinski definition) is 5. The molecule has 1 amide bonds. The van der Waals surface area contributed by atoms with Crippen LogP contribution in [0.15, 0.2) is 6.33 Å². The Hall–Kier alpha value is -1.49. The van der Waals surface area contributed by atoms with Crippen LogP contribution in [0.4, 0.5) is 5.82 Å². The summed E-state index contributed by atoms with van der Waals surface area (Å²) in [5.74, 6) is -0.949. The van der Waals surface area contributed by atoms with Crippen LogP contribution in [0, 0.1) is 0 Å². The molecule has 2 rings (SSSR count). The average molecular weight is 364 g/mol. The Morgan fingerprint density at radius 2 is 2.17 bits per heavy atom. The van der Waals surface area contributed by atoms with E-state index in [0.29, 0.717) is 0 Å². The monoisotopic (exact) mass is 364 g/mol. The molecule has 11 nitrogen and oxygen atoms in total. The second-order valence-electron chi connectivity index (χ2n) is 5.36. The number of nitrogens with two attached hydrogens (primary N) is 2. The summed E-state index contributed by atoms with van der Waals surface area (Å²) in [4.78, 5) is 24.5. The maximum Gasteiger partial charge on any atom is 0.328 e. The summed E-state index contributed by atoms with van der Waals surface area (Å²) in [6.45, 7) is 1.66. The summed E-state index contributed by atoms with van der Waals surface area (Å²) in [6.07, 6.45) is -3.78. The fraction of sp³-hybridized carbons (Fsp3) is 0.667. The Kier molecular flexibility index (Phi) is 5.63. The smallest absolute Gasteiger partial charge is 0.328 e. The summed E-state index contributed by atoms with van der Waals surface area (Å²) in [5, 5.41) is 20.2. The highest BCUT2D eigenvalue weighted by atomic mass is 31.2. The quantitative estimate of drug-likeness (QED) is 0.371. The Bertz CT molecular complexity index is 651. The van der Waals surface area contributed by atoms with Crippen molar-refractivity contribution in [3.05, 3.63) is 12.0 Å². The number of anilines is 1. The zero-order valence-electron chi connectivity index (χ0n) is 13.0. The van der Waals surface area contributed by atoms with Gasteiger partial charge in [0.2, 0.25) is 0 Å². The zero-order chi connectivity index (χ0) is 18.1. The lowest BCUT2D eigenvalue weighted by Gasteiger charge is -2.17. The molecule has 1 fully saturated rings. The van der Waals surface area contributed by atoms with E-state index in [1.807, 2.05) is 0 Å². The number of nitrogens with zero attached hydrogens (tertiary/aromatic N) is 2. The molecule has 0 spiro atoms. The first-order chi connectivity index (χ1) is 11.2. The van der Waals surface area contributed by atoms with Crippen LogP contribution in [0.3, 0.4) is 0 Å². The fourth-order valence-electron chi connectivity index (χ4n) is 2.52. The number of rotatable bonds is 7. The van der Waals surface area contributed by atoms with Gasteiger partial charge in [0.15, 0.2) is 11.9 Å². The molecule has 1 saturated heterocycles. The van der Waals surface area contributed by atoms with Gasteiger partial charge in [0.1, 0.15) is 18.0 Å². The van der Waals surface area contributed by atoms with Gasteiger partial charge in [0.25, 0.3) is 5.91 Å². The lowest BCUT2D eigenvalue weighted by molar-refractivity contribution is -0.0365. The Labute approximate surface area is 137 Å². The highest BCUT2D eigenvalue weighted by Crippen LogP contribution is 2.44. The van der Waals surface area contributed by atoms with Gasteiger partial charge < -0.3 is 35.8 Å². The van der Waals surface area contributed by atoms with Crippen molar-refractivity contribution in [1.29, 1.82) is 0 Å². The van der Waals surface area contributed by atoms with Crippen LogP contribution in [-0.4, -0.2) is 61.6 Å². The molecule has 1 aromatic rings. The van der Waals surface area contributed by atoms with Gasteiger partial charge >= 0.3 is 7.60 Å². The standard InChI is InChI=1S/C12H21N4O7P/c1-2-22-24(20,21)4-3-6-8(17)9(18)12(23-6)16-5-15-7(10(16)13)11(14)19/h5-6,8-9,12,17-18H,2-4,13H2,1H3,(H2,14,19)(H,20,21)/t6-,8-,9-,12-/m1/s1. The topological polar surface area (TPSA) is 183 Å². The van der Waals surface area contributed by atoms with Crippen molar-refractivity contribution >= 4 is 19.3 Å². The van der Waals surface area contributed by atoms with Crippen molar-refractivity contribution in [2.75, 3.05) is 18.5 Å². The summed E-state index contributed by atoms with van der Waals surface area (Å²) < 4.78 is 23.1. The third-order valence-corrected chi connectivity index (χ3v) is 5.19. The first kappa shape index (κ1) is 18.8. The zero-order valence-corrected chi connectivity index (χ0v) is 13.9. The maximum absolute atomic E-state index is 11.7. The van der Waals surface area contributed by atoms with Crippen molar-refractivity contribution in [1.82, 2.24) is 9.55 Å². The van der Waals surface area contributed by atoms with Crippen molar-refractivity contribution in [3.8, 4) is 0 Å². The second kappa shape index (κ2) is 7.18. The molecule has 2 heterocycles. The highest BCUT2D eigenvalue weighted by molar-refractivity contribution is 7.52. The van der Waals surface area contributed by atoms with Crippen LogP contribution >= 0.6 is 7.60 Å². The van der Waals surface area contributed by atoms with E-state index in [0.717, 1.165) is 6.33 Å². The number of carbonyl (C=O) groups excluding carboxylic acids is 1. The first-order valence-corrected chi connectivity index (χ1v) is 9.04. The number of imidazole rings is 1. The van der Waals surface area contributed by atoms with Gasteiger partial charge in [-0.2, -0.15) is 0 Å². The Morgan fingerprint density at radius 3 is 2.71 bits per heavy atom. The molecule has 1 aliphatic rings. The minimum absolute atomic E-state index is 0.0141. The van der Waals surface area contributed by atoms with Gasteiger partial charge in [-0.15, -0.1) is 0 Å². The molecule has 24 heavy (non-hydrogen) atoms. The molecule has 1 unspecified atom stereocenters. The second-order valence-corrected chi connectivity index (χ2v) is 7.34. The SMILES string of the molecule is CCOP(=O)(O)CC[C@H]1O[C@@H](n2cnc(C(N)=O)c2N)[C@H](O)[C@@H]1O. The van der Waals surface area contributed by atoms with Crippen molar-refractivity contribution < 1.29 is 33.7 Å². The molecule has 136 valence electrons. The number of primary amides is 1. The maximum atomic E-state index is 11.7. The predicted octanol–water partition coefficient (Wildman–Crippen LogP) is -1.20. The molecular weight excluding hydrogens is 343 g/mol. The average Bonchev–Trinajstić information content (AvgIpc) is 2.99. The molecular formula is C12H21N4O7P. The molecule has 5 atom stereocenters. The summed E-state index contributed by atoms with van der Waals surface area (Å²) in [6, 6.07) is 0. The van der Waals surface area contributed by atoms with Gasteiger partial charge in [-0.25, -0.2) is 4.98 Å². The Balaban J connectivity index is 2.10. The molecule has 0 aromatic carbocycles. The minimum Gasteiger partial charge on any atom is -0.388 e. The fourth-order valence-corrected chi connectivity index (χ4v) is 3.63. The summed E-state index contributed by atoms with van der Waals surface area (Å²) in [7, 11) is -3.78. The van der Waals surface area contributed by atoms with Gasteiger partial charge in [-0.1, -0.05) is 0 Å². The van der Waals surface area contributed by atoms with Crippen LogP contribution in [0.2, 0.25) is 0 Å². The summed E-state index contributed by atoms with van der Waals surface area (Å²) >= 11 is 0. The highest BCUT2D eigenvalue weighted by Gasteiger charge is 2.45. The number of hydrogen-bond acceptors (Lipinski definition) is 8. The summed E-state index contributed by atoms with van der Waals surface area (Å²) in [5.41, 5.74) is 10.7. The first-order valence-electron chi connectivity index (χ1n) is 7.28. The number of aromatic nitrogens is 2. The van der Waals surface area contributed by atoms with Crippen LogP contribution < -0.4 is 11.5 Å². The van der Waals surface area contributed by atoms with E-state index in [9.17, 15) is 24.5 Å². The van der Waals surface area contributed by atoms with E-state index >= 15 is 0 Å². The third-order valence-electron chi connectivity index (χ3n) is 3.70. The van der Waals surface area contributed by atoms with E-state index < -0.39 is 38.0 Å². The van der Waals surface area contributed by atoms with Crippen molar-refractivity contribution in [3.63, 3.8) is 0 Å². The minimum atomic E-state index is -3.78. The molecule has 0 radical (unpaired) electrons. The predicted molar refractivity (Wildman–Crippen MR) is 82.0 cm³/mol. The largest absolute Gasteiger partial charge is 0.388 e. The molecule has 0 bridgehead atoms. The van der Waals surface area contributed by atoms with Gasteiger partial charge in [-0.05, 0) is 13.3 Å². The van der Waals surface area contributed by atoms with Gasteiger partial charge in [0.05, 0.1) is 25.2 Å². The molecule has 7 N–H and O–H groups in total. The lowest BCUT2D eigenvalue weighted by Crippen LogP contribution is -2.32.